The molecule has 186 valence electrons. The average molecular weight is 503 g/mol. The summed E-state index contributed by atoms with van der Waals surface area (Å²) in [5, 5.41) is 7.41. The number of fused-ring (bicyclic) bond motifs is 6. The van der Waals surface area contributed by atoms with Crippen LogP contribution in [-0.4, -0.2) is 9.55 Å². The van der Waals surface area contributed by atoms with E-state index in [1.54, 1.807) is 0 Å². The zero-order valence-electron chi connectivity index (χ0n) is 21.8. The maximum absolute atomic E-state index is 4.32. The molecule has 3 nitrogen and oxygen atoms in total. The van der Waals surface area contributed by atoms with Crippen molar-refractivity contribution < 1.29 is 5.73 Å². The van der Waals surface area contributed by atoms with Crippen molar-refractivity contribution in [2.75, 3.05) is 0 Å². The first-order valence-corrected chi connectivity index (χ1v) is 13.3. The van der Waals surface area contributed by atoms with E-state index in [0.29, 0.717) is 0 Å². The van der Waals surface area contributed by atoms with Crippen LogP contribution in [0.1, 0.15) is 12.5 Å². The second-order valence-corrected chi connectivity index (χ2v) is 9.88. The predicted molar refractivity (Wildman–Crippen MR) is 165 cm³/mol. The van der Waals surface area contributed by atoms with Crippen molar-refractivity contribution in [3.63, 3.8) is 0 Å². The number of aromatic nitrogens is 2. The molecule has 0 radical (unpaired) electrons. The summed E-state index contributed by atoms with van der Waals surface area (Å²) in [5.74, 6) is 0. The van der Waals surface area contributed by atoms with Crippen LogP contribution in [0.15, 0.2) is 134 Å². The fraction of sp³-hybridized carbons (Fsp3) is 0.0278. The molecule has 0 fully saturated rings. The van der Waals surface area contributed by atoms with Gasteiger partial charge in [0.1, 0.15) is 0 Å². The van der Waals surface area contributed by atoms with Crippen LogP contribution in [0.2, 0.25) is 0 Å². The van der Waals surface area contributed by atoms with Gasteiger partial charge in [-0.3, -0.25) is 4.98 Å². The molecule has 0 saturated carbocycles. The summed E-state index contributed by atoms with van der Waals surface area (Å²) < 4.78 is 2.44. The summed E-state index contributed by atoms with van der Waals surface area (Å²) in [4.78, 5) is 4.32. The number of allylic oxidation sites excluding steroid dienone is 3. The van der Waals surface area contributed by atoms with Crippen LogP contribution in [0.25, 0.3) is 65.7 Å². The zero-order chi connectivity index (χ0) is 26.3. The van der Waals surface area contributed by atoms with Crippen LogP contribution in [-0.2, 0) is 0 Å². The number of rotatable bonds is 4. The minimum Gasteiger partial charge on any atom is -0.331 e. The summed E-state index contributed by atoms with van der Waals surface area (Å²) in [6.07, 6.45) is 9.80. The van der Waals surface area contributed by atoms with E-state index in [9.17, 15) is 0 Å². The van der Waals surface area contributed by atoms with Crippen molar-refractivity contribution in [2.24, 2.45) is 0 Å². The molecule has 7 rings (SSSR count). The lowest BCUT2D eigenvalue weighted by atomic mass is 9.99. The van der Waals surface area contributed by atoms with Crippen LogP contribution < -0.4 is 5.73 Å². The first kappa shape index (κ1) is 23.2. The Labute approximate surface area is 227 Å². The minimum absolute atomic E-state index is 1.12. The molecular weight excluding hydrogens is 474 g/mol. The molecule has 39 heavy (non-hydrogen) atoms. The maximum atomic E-state index is 4.32. The molecule has 0 aliphatic rings. The van der Waals surface area contributed by atoms with Gasteiger partial charge in [0.15, 0.2) is 0 Å². The van der Waals surface area contributed by atoms with E-state index in [0.717, 1.165) is 16.8 Å². The van der Waals surface area contributed by atoms with Crippen molar-refractivity contribution in [3.8, 4) is 16.8 Å². The maximum Gasteiger partial charge on any atom is 0.0915 e. The van der Waals surface area contributed by atoms with Gasteiger partial charge >= 0.3 is 0 Å². The Kier molecular flexibility index (Phi) is 5.58. The Bertz CT molecular complexity index is 2080. The first-order chi connectivity index (χ1) is 19.2. The molecule has 7 aromatic rings. The molecule has 3 N–H and O–H groups in total. The molecule has 3 heteroatoms. The Hall–Kier alpha value is -4.99. The highest BCUT2D eigenvalue weighted by atomic mass is 15.0. The Morgan fingerprint density at radius 2 is 1.54 bits per heavy atom. The molecule has 2 aromatic heterocycles. The Morgan fingerprint density at radius 3 is 2.36 bits per heavy atom. The minimum atomic E-state index is 1.12. The molecule has 0 atom stereocenters. The molecule has 2 heterocycles. The highest BCUT2D eigenvalue weighted by Gasteiger charge is 2.17. The number of hydrogen-bond acceptors (Lipinski definition) is 1. The normalized spacial score (nSPS) is 12.4. The number of nitrogens with zero attached hydrogens (tertiary/aromatic N) is 2. The van der Waals surface area contributed by atoms with Gasteiger partial charge in [0, 0.05) is 39.8 Å². The molecule has 5 aromatic carbocycles. The summed E-state index contributed by atoms with van der Waals surface area (Å²) in [6.45, 7) is 2.08. The van der Waals surface area contributed by atoms with Gasteiger partial charge in [-0.25, -0.2) is 0 Å². The number of pyridine rings is 1. The highest BCUT2D eigenvalue weighted by Crippen LogP contribution is 2.39. The van der Waals surface area contributed by atoms with Gasteiger partial charge < -0.3 is 10.3 Å². The molecule has 0 aliphatic carbocycles. The van der Waals surface area contributed by atoms with Crippen LogP contribution in [0.4, 0.5) is 0 Å². The second-order valence-electron chi connectivity index (χ2n) is 9.88. The third-order valence-corrected chi connectivity index (χ3v) is 7.67. The summed E-state index contributed by atoms with van der Waals surface area (Å²) in [6, 6.07) is 37.5. The van der Waals surface area contributed by atoms with E-state index in [1.165, 1.54) is 54.5 Å². The zero-order valence-corrected chi connectivity index (χ0v) is 21.8. The molecule has 0 saturated heterocycles. The van der Waals surface area contributed by atoms with Crippen LogP contribution >= 0.6 is 0 Å². The van der Waals surface area contributed by atoms with Gasteiger partial charge in [-0.2, -0.15) is 0 Å². The lowest BCUT2D eigenvalue weighted by molar-refractivity contribution is -0.274. The fourth-order valence-corrected chi connectivity index (χ4v) is 5.80. The van der Waals surface area contributed by atoms with E-state index in [2.05, 4.69) is 131 Å². The van der Waals surface area contributed by atoms with Crippen molar-refractivity contribution >= 4 is 48.9 Å². The summed E-state index contributed by atoms with van der Waals surface area (Å²) >= 11 is 0. The number of benzene rings is 5. The van der Waals surface area contributed by atoms with Crippen molar-refractivity contribution in [1.82, 2.24) is 9.55 Å². The Morgan fingerprint density at radius 1 is 0.718 bits per heavy atom. The van der Waals surface area contributed by atoms with E-state index in [1.807, 2.05) is 24.7 Å². The topological polar surface area (TPSA) is 45.5 Å². The van der Waals surface area contributed by atoms with Crippen LogP contribution in [0.3, 0.4) is 0 Å². The molecule has 0 amide bonds. The van der Waals surface area contributed by atoms with Gasteiger partial charge in [-0.15, -0.1) is 0 Å². The van der Waals surface area contributed by atoms with Crippen molar-refractivity contribution in [1.29, 1.82) is 0 Å². The molecule has 0 spiro atoms. The van der Waals surface area contributed by atoms with Gasteiger partial charge in [0.25, 0.3) is 0 Å². The second kappa shape index (κ2) is 9.39. The smallest absolute Gasteiger partial charge is 0.0915 e. The third-order valence-electron chi connectivity index (χ3n) is 7.67. The highest BCUT2D eigenvalue weighted by molar-refractivity contribution is 6.19. The van der Waals surface area contributed by atoms with Gasteiger partial charge in [-0.05, 0) is 76.2 Å². The lowest BCUT2D eigenvalue weighted by Crippen LogP contribution is -2.39. The Balaban J connectivity index is 1.58. The SMILES string of the molecule is CC=C(C=C[NH3+])c1ccc2c3ccc4cc(-c5cccnc5)ccc4c3n(-c3ccc4ccccc4c3)c2c1. The van der Waals surface area contributed by atoms with E-state index < -0.39 is 0 Å². The molecule has 0 unspecified atom stereocenters. The monoisotopic (exact) mass is 502 g/mol. The quantitative estimate of drug-likeness (QED) is 0.242. The van der Waals surface area contributed by atoms with Gasteiger partial charge in [0.2, 0.25) is 0 Å². The molecular formula is C36H28N3+. The average Bonchev–Trinajstić information content (AvgIpc) is 3.33. The van der Waals surface area contributed by atoms with Crippen molar-refractivity contribution in [2.45, 2.75) is 6.92 Å². The summed E-state index contributed by atoms with van der Waals surface area (Å²) in [7, 11) is 0. The van der Waals surface area contributed by atoms with E-state index in [4.69, 9.17) is 0 Å². The molecule has 0 aliphatic heterocycles. The largest absolute Gasteiger partial charge is 0.331 e. The van der Waals surface area contributed by atoms with E-state index >= 15 is 0 Å². The molecule has 0 bridgehead atoms. The van der Waals surface area contributed by atoms with Crippen LogP contribution in [0.5, 0.6) is 0 Å². The summed E-state index contributed by atoms with van der Waals surface area (Å²) in [5.41, 5.74) is 12.1. The third kappa shape index (κ3) is 3.83. The number of quaternary nitrogens is 1. The van der Waals surface area contributed by atoms with Gasteiger partial charge in [0.05, 0.1) is 17.2 Å². The fourth-order valence-electron chi connectivity index (χ4n) is 5.80. The first-order valence-electron chi connectivity index (χ1n) is 13.3. The lowest BCUT2D eigenvalue weighted by Gasteiger charge is -2.12. The number of hydrogen-bond donors (Lipinski definition) is 1. The van der Waals surface area contributed by atoms with Crippen LogP contribution in [0, 0.1) is 0 Å². The standard InChI is InChI=1S/C36H27N3/c1-2-24(17-18-37)28-11-15-33-34-16-12-29-20-27(30-8-5-19-38-23-30)10-14-32(29)36(34)39(35(33)22-28)31-13-9-25-6-3-4-7-26(25)21-31/h2-23H,37H2,1H3/p+1. The predicted octanol–water partition coefficient (Wildman–Crippen LogP) is 8.31. The van der Waals surface area contributed by atoms with Crippen molar-refractivity contribution in [3.05, 3.63) is 139 Å². The van der Waals surface area contributed by atoms with Gasteiger partial charge in [-0.1, -0.05) is 78.9 Å². The van der Waals surface area contributed by atoms with E-state index in [-0.39, 0.29) is 0 Å².